The van der Waals surface area contributed by atoms with Gasteiger partial charge in [0.25, 0.3) is 0 Å². The molecule has 0 N–H and O–H groups in total. The lowest BCUT2D eigenvalue weighted by Crippen LogP contribution is -2.22. The minimum absolute atomic E-state index is 0.489. The monoisotopic (exact) mass is 387 g/mol. The topological polar surface area (TPSA) is 31.2 Å². The number of carbonyl (C=O) groups is 1. The summed E-state index contributed by atoms with van der Waals surface area (Å²) in [5, 5.41) is 0.909. The van der Waals surface area contributed by atoms with Gasteiger partial charge in [0.05, 0.1) is 11.1 Å². The third-order valence-corrected chi connectivity index (χ3v) is 3.99. The number of halogens is 3. The highest BCUT2D eigenvalue weighted by molar-refractivity contribution is 5.90. The van der Waals surface area contributed by atoms with Crippen LogP contribution in [-0.4, -0.2) is 16.1 Å². The SMILES string of the molecule is CC(C)(C)OC(=O)/C=C/c1cc2ccccc2n1-c1ccc(C(F)(F)F)cc1. The molecule has 28 heavy (non-hydrogen) atoms. The van der Waals surface area contributed by atoms with Crippen LogP contribution in [0, 0.1) is 0 Å². The fraction of sp³-hybridized carbons (Fsp3) is 0.227. The lowest BCUT2D eigenvalue weighted by molar-refractivity contribution is -0.148. The summed E-state index contributed by atoms with van der Waals surface area (Å²) in [4.78, 5) is 12.0. The van der Waals surface area contributed by atoms with E-state index >= 15 is 0 Å². The van der Waals surface area contributed by atoms with Gasteiger partial charge in [-0.15, -0.1) is 0 Å². The standard InChI is InChI=1S/C22H20F3NO2/c1-21(2,3)28-20(27)13-12-18-14-15-6-4-5-7-19(15)26(18)17-10-8-16(9-11-17)22(23,24)25/h4-14H,1-3H3/b13-12+. The van der Waals surface area contributed by atoms with Crippen LogP contribution in [0.1, 0.15) is 32.0 Å². The van der Waals surface area contributed by atoms with E-state index in [0.717, 1.165) is 23.0 Å². The van der Waals surface area contributed by atoms with Crippen molar-refractivity contribution >= 4 is 22.9 Å². The fourth-order valence-corrected chi connectivity index (χ4v) is 2.88. The molecule has 0 aliphatic heterocycles. The smallest absolute Gasteiger partial charge is 0.416 e. The fourth-order valence-electron chi connectivity index (χ4n) is 2.88. The Hall–Kier alpha value is -3.02. The van der Waals surface area contributed by atoms with Crippen LogP contribution in [0.2, 0.25) is 0 Å². The summed E-state index contributed by atoms with van der Waals surface area (Å²) < 4.78 is 45.7. The summed E-state index contributed by atoms with van der Waals surface area (Å²) in [7, 11) is 0. The number of esters is 1. The van der Waals surface area contributed by atoms with Gasteiger partial charge in [0.1, 0.15) is 5.60 Å². The highest BCUT2D eigenvalue weighted by Crippen LogP contribution is 2.31. The maximum Gasteiger partial charge on any atom is 0.416 e. The number of rotatable bonds is 3. The maximum atomic E-state index is 12.9. The van der Waals surface area contributed by atoms with E-state index < -0.39 is 23.3 Å². The van der Waals surface area contributed by atoms with Gasteiger partial charge in [0.15, 0.2) is 0 Å². The van der Waals surface area contributed by atoms with E-state index in [4.69, 9.17) is 4.74 Å². The molecule has 3 aromatic rings. The molecule has 146 valence electrons. The lowest BCUT2D eigenvalue weighted by Gasteiger charge is -2.18. The zero-order chi connectivity index (χ0) is 20.5. The number of fused-ring (bicyclic) bond motifs is 1. The van der Waals surface area contributed by atoms with Gasteiger partial charge in [-0.2, -0.15) is 13.2 Å². The lowest BCUT2D eigenvalue weighted by atomic mass is 10.2. The van der Waals surface area contributed by atoms with Crippen molar-refractivity contribution in [2.75, 3.05) is 0 Å². The van der Waals surface area contributed by atoms with Gasteiger partial charge >= 0.3 is 12.1 Å². The molecule has 0 spiro atoms. The van der Waals surface area contributed by atoms with E-state index in [-0.39, 0.29) is 0 Å². The Morgan fingerprint density at radius 3 is 2.25 bits per heavy atom. The summed E-state index contributed by atoms with van der Waals surface area (Å²) in [6.07, 6.45) is -1.47. The van der Waals surface area contributed by atoms with Gasteiger partial charge in [-0.3, -0.25) is 0 Å². The molecule has 0 saturated carbocycles. The number of hydrogen-bond donors (Lipinski definition) is 0. The Balaban J connectivity index is 2.04. The number of ether oxygens (including phenoxy) is 1. The molecule has 0 radical (unpaired) electrons. The van der Waals surface area contributed by atoms with Crippen molar-refractivity contribution in [3.8, 4) is 5.69 Å². The molecule has 3 nitrogen and oxygen atoms in total. The number of nitrogens with zero attached hydrogens (tertiary/aromatic N) is 1. The molecule has 0 saturated heterocycles. The van der Waals surface area contributed by atoms with E-state index in [2.05, 4.69) is 0 Å². The minimum Gasteiger partial charge on any atom is -0.457 e. The molecule has 0 bridgehead atoms. The first-order valence-electron chi connectivity index (χ1n) is 8.74. The third-order valence-electron chi connectivity index (χ3n) is 3.99. The summed E-state index contributed by atoms with van der Waals surface area (Å²) in [6, 6.07) is 14.3. The van der Waals surface area contributed by atoms with E-state index in [9.17, 15) is 18.0 Å². The molecule has 0 amide bonds. The zero-order valence-corrected chi connectivity index (χ0v) is 15.7. The van der Waals surface area contributed by atoms with Crippen LogP contribution in [0.4, 0.5) is 13.2 Å². The van der Waals surface area contributed by atoms with Crippen LogP contribution in [0.25, 0.3) is 22.7 Å². The first kappa shape index (κ1) is 19.7. The van der Waals surface area contributed by atoms with Gasteiger partial charge in [-0.25, -0.2) is 4.79 Å². The summed E-state index contributed by atoms with van der Waals surface area (Å²) in [5.74, 6) is -0.489. The minimum atomic E-state index is -4.39. The molecule has 0 atom stereocenters. The molecule has 0 aliphatic rings. The number of hydrogen-bond acceptors (Lipinski definition) is 2. The van der Waals surface area contributed by atoms with Crippen molar-refractivity contribution in [3.63, 3.8) is 0 Å². The van der Waals surface area contributed by atoms with Gasteiger partial charge in [0, 0.05) is 22.8 Å². The first-order valence-corrected chi connectivity index (χ1v) is 8.74. The van der Waals surface area contributed by atoms with Crippen molar-refractivity contribution in [1.82, 2.24) is 4.57 Å². The maximum absolute atomic E-state index is 12.9. The van der Waals surface area contributed by atoms with Crippen LogP contribution in [0.5, 0.6) is 0 Å². The molecule has 1 heterocycles. The second kappa shape index (κ2) is 7.19. The Bertz CT molecular complexity index is 1020. The van der Waals surface area contributed by atoms with E-state index in [1.165, 1.54) is 18.2 Å². The zero-order valence-electron chi connectivity index (χ0n) is 15.7. The quantitative estimate of drug-likeness (QED) is 0.407. The molecule has 2 aromatic carbocycles. The third kappa shape index (κ3) is 4.44. The van der Waals surface area contributed by atoms with Gasteiger partial charge in [-0.05, 0) is 63.2 Å². The van der Waals surface area contributed by atoms with Crippen LogP contribution in [0.3, 0.4) is 0 Å². The molecule has 3 rings (SSSR count). The molecule has 0 fully saturated rings. The van der Waals surface area contributed by atoms with Gasteiger partial charge in [0.2, 0.25) is 0 Å². The molecule has 1 aromatic heterocycles. The largest absolute Gasteiger partial charge is 0.457 e. The van der Waals surface area contributed by atoms with Crippen molar-refractivity contribution in [3.05, 3.63) is 71.9 Å². The average Bonchev–Trinajstić information content (AvgIpc) is 2.96. The Morgan fingerprint density at radius 1 is 1.00 bits per heavy atom. The van der Waals surface area contributed by atoms with E-state index in [1.54, 1.807) is 31.4 Å². The van der Waals surface area contributed by atoms with Crippen molar-refractivity contribution in [2.24, 2.45) is 0 Å². The van der Waals surface area contributed by atoms with Crippen LogP contribution >= 0.6 is 0 Å². The Kier molecular flexibility index (Phi) is 5.06. The Morgan fingerprint density at radius 2 is 1.64 bits per heavy atom. The first-order chi connectivity index (χ1) is 13.0. The molecule has 0 unspecified atom stereocenters. The van der Waals surface area contributed by atoms with Gasteiger partial charge < -0.3 is 9.30 Å². The van der Waals surface area contributed by atoms with E-state index in [1.807, 2.05) is 30.3 Å². The summed E-state index contributed by atoms with van der Waals surface area (Å²) in [5.41, 5.74) is 0.733. The number of aromatic nitrogens is 1. The van der Waals surface area contributed by atoms with Crippen molar-refractivity contribution in [1.29, 1.82) is 0 Å². The number of benzene rings is 2. The second-order valence-corrected chi connectivity index (χ2v) is 7.37. The summed E-state index contributed by atoms with van der Waals surface area (Å²) in [6.45, 7) is 5.33. The van der Waals surface area contributed by atoms with Crippen LogP contribution < -0.4 is 0 Å². The highest BCUT2D eigenvalue weighted by Gasteiger charge is 2.30. The van der Waals surface area contributed by atoms with Gasteiger partial charge in [-0.1, -0.05) is 18.2 Å². The van der Waals surface area contributed by atoms with Crippen LogP contribution in [0.15, 0.2) is 60.7 Å². The van der Waals surface area contributed by atoms with E-state index in [0.29, 0.717) is 11.4 Å². The molecule has 0 aliphatic carbocycles. The molecular formula is C22H20F3NO2. The highest BCUT2D eigenvalue weighted by atomic mass is 19.4. The average molecular weight is 387 g/mol. The molecular weight excluding hydrogens is 367 g/mol. The van der Waals surface area contributed by atoms with Crippen LogP contribution in [-0.2, 0) is 15.7 Å². The Labute approximate surface area is 161 Å². The number of para-hydroxylation sites is 1. The second-order valence-electron chi connectivity index (χ2n) is 7.37. The predicted molar refractivity (Wildman–Crippen MR) is 103 cm³/mol. The van der Waals surface area contributed by atoms with Crippen molar-refractivity contribution < 1.29 is 22.7 Å². The predicted octanol–water partition coefficient (Wildman–Crippen LogP) is 6.00. The summed E-state index contributed by atoms with van der Waals surface area (Å²) >= 11 is 0. The molecule has 6 heteroatoms. The number of alkyl halides is 3. The van der Waals surface area contributed by atoms with Crippen molar-refractivity contribution in [2.45, 2.75) is 32.5 Å². The normalized spacial score (nSPS) is 12.6. The number of carbonyl (C=O) groups excluding carboxylic acids is 1.